The van der Waals surface area contributed by atoms with Gasteiger partial charge in [0.15, 0.2) is 0 Å². The minimum absolute atomic E-state index is 0.163. The molecule has 0 heterocycles. The van der Waals surface area contributed by atoms with Crippen molar-refractivity contribution in [1.82, 2.24) is 10.6 Å². The molecule has 0 aliphatic rings. The summed E-state index contributed by atoms with van der Waals surface area (Å²) in [5.41, 5.74) is 3.24. The Morgan fingerprint density at radius 1 is 0.885 bits per heavy atom. The standard InChI is InChI=1S/C19H22N4O3/c1-13-6-8-15(9-7-13)11-20-19(26)21-12-18(25)23-17-5-3-4-16(10-17)22-14(2)24/h3-10H,11-12H2,1-2H3,(H,22,24)(H,23,25)(H2,20,21,26). The zero-order valence-corrected chi connectivity index (χ0v) is 14.8. The fourth-order valence-corrected chi connectivity index (χ4v) is 2.19. The number of carbonyl (C=O) groups is 3. The summed E-state index contributed by atoms with van der Waals surface area (Å²) in [6.07, 6.45) is 0. The highest BCUT2D eigenvalue weighted by Crippen LogP contribution is 2.14. The van der Waals surface area contributed by atoms with E-state index in [-0.39, 0.29) is 18.4 Å². The Hall–Kier alpha value is -3.35. The average Bonchev–Trinajstić information content (AvgIpc) is 2.59. The van der Waals surface area contributed by atoms with Crippen LogP contribution in [-0.2, 0) is 16.1 Å². The molecule has 0 radical (unpaired) electrons. The highest BCUT2D eigenvalue weighted by molar-refractivity contribution is 5.95. The van der Waals surface area contributed by atoms with Gasteiger partial charge in [-0.2, -0.15) is 0 Å². The molecule has 0 unspecified atom stereocenters. The first-order valence-corrected chi connectivity index (χ1v) is 8.17. The first-order chi connectivity index (χ1) is 12.4. The van der Waals surface area contributed by atoms with Gasteiger partial charge in [-0.1, -0.05) is 35.9 Å². The van der Waals surface area contributed by atoms with Gasteiger partial charge in [-0.15, -0.1) is 0 Å². The molecular formula is C19H22N4O3. The minimum atomic E-state index is -0.423. The van der Waals surface area contributed by atoms with Crippen LogP contribution in [0.5, 0.6) is 0 Å². The maximum absolute atomic E-state index is 11.9. The Balaban J connectivity index is 1.74. The minimum Gasteiger partial charge on any atom is -0.334 e. The molecular weight excluding hydrogens is 332 g/mol. The summed E-state index contributed by atoms with van der Waals surface area (Å²) in [4.78, 5) is 34.7. The number of hydrogen-bond acceptors (Lipinski definition) is 3. The Morgan fingerprint density at radius 3 is 2.19 bits per heavy atom. The molecule has 2 aromatic rings. The van der Waals surface area contributed by atoms with Crippen molar-refractivity contribution < 1.29 is 14.4 Å². The van der Waals surface area contributed by atoms with Crippen molar-refractivity contribution in [1.29, 1.82) is 0 Å². The topological polar surface area (TPSA) is 99.3 Å². The maximum atomic E-state index is 11.9. The fourth-order valence-electron chi connectivity index (χ4n) is 2.19. The number of amides is 4. The van der Waals surface area contributed by atoms with E-state index in [0.29, 0.717) is 17.9 Å². The zero-order chi connectivity index (χ0) is 18.9. The van der Waals surface area contributed by atoms with Crippen LogP contribution < -0.4 is 21.3 Å². The molecule has 0 aliphatic carbocycles. The second-order valence-corrected chi connectivity index (χ2v) is 5.83. The average molecular weight is 354 g/mol. The molecule has 0 bridgehead atoms. The van der Waals surface area contributed by atoms with E-state index >= 15 is 0 Å². The number of benzene rings is 2. The molecule has 2 rings (SSSR count). The van der Waals surface area contributed by atoms with Crippen molar-refractivity contribution in [3.63, 3.8) is 0 Å². The molecule has 0 spiro atoms. The largest absolute Gasteiger partial charge is 0.334 e. The third-order valence-electron chi connectivity index (χ3n) is 3.45. The lowest BCUT2D eigenvalue weighted by Crippen LogP contribution is -2.39. The Kier molecular flexibility index (Phi) is 6.73. The molecule has 0 aromatic heterocycles. The lowest BCUT2D eigenvalue weighted by Gasteiger charge is -2.10. The van der Waals surface area contributed by atoms with Gasteiger partial charge in [-0.25, -0.2) is 4.79 Å². The number of hydrogen-bond donors (Lipinski definition) is 4. The SMILES string of the molecule is CC(=O)Nc1cccc(NC(=O)CNC(=O)NCc2ccc(C)cc2)c1. The van der Waals surface area contributed by atoms with E-state index in [1.54, 1.807) is 24.3 Å². The van der Waals surface area contributed by atoms with E-state index in [0.717, 1.165) is 11.1 Å². The summed E-state index contributed by atoms with van der Waals surface area (Å²) in [5, 5.41) is 10.5. The normalized spacial score (nSPS) is 9.92. The van der Waals surface area contributed by atoms with Gasteiger partial charge in [0.1, 0.15) is 0 Å². The van der Waals surface area contributed by atoms with Crippen LogP contribution in [0.15, 0.2) is 48.5 Å². The summed E-state index contributed by atoms with van der Waals surface area (Å²) in [6.45, 7) is 3.62. The van der Waals surface area contributed by atoms with Crippen LogP contribution in [0.2, 0.25) is 0 Å². The Morgan fingerprint density at radius 2 is 1.54 bits per heavy atom. The summed E-state index contributed by atoms with van der Waals surface area (Å²) in [5.74, 6) is -0.559. The predicted octanol–water partition coefficient (Wildman–Crippen LogP) is 2.39. The molecule has 0 saturated heterocycles. The second-order valence-electron chi connectivity index (χ2n) is 5.83. The van der Waals surface area contributed by atoms with Crippen LogP contribution in [0.3, 0.4) is 0 Å². The maximum Gasteiger partial charge on any atom is 0.315 e. The van der Waals surface area contributed by atoms with Crippen LogP contribution in [0.1, 0.15) is 18.1 Å². The fraction of sp³-hybridized carbons (Fsp3) is 0.211. The number of urea groups is 1. The Bertz CT molecular complexity index is 788. The van der Waals surface area contributed by atoms with E-state index in [1.807, 2.05) is 31.2 Å². The van der Waals surface area contributed by atoms with Gasteiger partial charge in [0.25, 0.3) is 0 Å². The molecule has 2 aromatic carbocycles. The van der Waals surface area contributed by atoms with Crippen LogP contribution in [-0.4, -0.2) is 24.4 Å². The van der Waals surface area contributed by atoms with Gasteiger partial charge in [0, 0.05) is 24.8 Å². The molecule has 4 N–H and O–H groups in total. The highest BCUT2D eigenvalue weighted by Gasteiger charge is 2.06. The predicted molar refractivity (Wildman–Crippen MR) is 101 cm³/mol. The van der Waals surface area contributed by atoms with Crippen molar-refractivity contribution >= 4 is 29.2 Å². The van der Waals surface area contributed by atoms with Gasteiger partial charge in [-0.05, 0) is 30.7 Å². The van der Waals surface area contributed by atoms with E-state index < -0.39 is 6.03 Å². The smallest absolute Gasteiger partial charge is 0.315 e. The molecule has 0 atom stereocenters. The molecule has 0 fully saturated rings. The van der Waals surface area contributed by atoms with E-state index in [9.17, 15) is 14.4 Å². The van der Waals surface area contributed by atoms with Crippen LogP contribution >= 0.6 is 0 Å². The number of rotatable bonds is 6. The first kappa shape index (κ1) is 19.0. The number of anilines is 2. The van der Waals surface area contributed by atoms with Crippen LogP contribution in [0.4, 0.5) is 16.2 Å². The van der Waals surface area contributed by atoms with Crippen molar-refractivity contribution in [2.24, 2.45) is 0 Å². The second kappa shape index (κ2) is 9.22. The Labute approximate surface area is 152 Å². The quantitative estimate of drug-likeness (QED) is 0.641. The summed E-state index contributed by atoms with van der Waals surface area (Å²) < 4.78 is 0. The van der Waals surface area contributed by atoms with Crippen molar-refractivity contribution in [2.75, 3.05) is 17.2 Å². The van der Waals surface area contributed by atoms with Gasteiger partial charge >= 0.3 is 6.03 Å². The van der Waals surface area contributed by atoms with E-state index in [1.165, 1.54) is 6.92 Å². The van der Waals surface area contributed by atoms with Gasteiger partial charge in [-0.3, -0.25) is 9.59 Å². The number of aryl methyl sites for hydroxylation is 1. The van der Waals surface area contributed by atoms with Crippen molar-refractivity contribution in [3.05, 3.63) is 59.7 Å². The van der Waals surface area contributed by atoms with E-state index in [2.05, 4.69) is 21.3 Å². The molecule has 0 saturated carbocycles. The summed E-state index contributed by atoms with van der Waals surface area (Å²) in [7, 11) is 0. The monoisotopic (exact) mass is 354 g/mol. The van der Waals surface area contributed by atoms with Crippen LogP contribution in [0, 0.1) is 6.92 Å². The third kappa shape index (κ3) is 6.64. The molecule has 7 nitrogen and oxygen atoms in total. The molecule has 0 aliphatic heterocycles. The lowest BCUT2D eigenvalue weighted by atomic mass is 10.1. The van der Waals surface area contributed by atoms with Crippen molar-refractivity contribution in [2.45, 2.75) is 20.4 Å². The zero-order valence-electron chi connectivity index (χ0n) is 14.8. The molecule has 136 valence electrons. The number of nitrogens with one attached hydrogen (secondary N) is 4. The first-order valence-electron chi connectivity index (χ1n) is 8.17. The molecule has 26 heavy (non-hydrogen) atoms. The molecule has 4 amide bonds. The van der Waals surface area contributed by atoms with Crippen LogP contribution in [0.25, 0.3) is 0 Å². The number of carbonyl (C=O) groups excluding carboxylic acids is 3. The van der Waals surface area contributed by atoms with E-state index in [4.69, 9.17) is 0 Å². The van der Waals surface area contributed by atoms with Gasteiger partial charge in [0.05, 0.1) is 6.54 Å². The van der Waals surface area contributed by atoms with Gasteiger partial charge in [0.2, 0.25) is 11.8 Å². The van der Waals surface area contributed by atoms with Crippen molar-refractivity contribution in [3.8, 4) is 0 Å². The molecule has 7 heteroatoms. The van der Waals surface area contributed by atoms with Gasteiger partial charge < -0.3 is 21.3 Å². The summed E-state index contributed by atoms with van der Waals surface area (Å²) in [6, 6.07) is 14.1. The third-order valence-corrected chi connectivity index (χ3v) is 3.45. The summed E-state index contributed by atoms with van der Waals surface area (Å²) >= 11 is 0. The highest BCUT2D eigenvalue weighted by atomic mass is 16.2. The lowest BCUT2D eigenvalue weighted by molar-refractivity contribution is -0.115.